The van der Waals surface area contributed by atoms with Gasteiger partial charge in [0, 0.05) is 17.5 Å². The first kappa shape index (κ1) is 15.3. The molecule has 19 heavy (non-hydrogen) atoms. The number of thiophene rings is 1. The first-order valence-electron chi connectivity index (χ1n) is 6.50. The lowest BCUT2D eigenvalue weighted by Crippen LogP contribution is -2.37. The molecule has 108 valence electrons. The van der Waals surface area contributed by atoms with Crippen LogP contribution in [0.25, 0.3) is 0 Å². The zero-order chi connectivity index (χ0) is 13.7. The minimum Gasteiger partial charge on any atom is -0.312 e. The number of thioether (sulfide) groups is 1. The summed E-state index contributed by atoms with van der Waals surface area (Å²) in [4.78, 5) is 1.33. The Balaban J connectivity index is 2.08. The van der Waals surface area contributed by atoms with E-state index in [0.717, 1.165) is 35.8 Å². The van der Waals surface area contributed by atoms with E-state index >= 15 is 0 Å². The Morgan fingerprint density at radius 2 is 2.11 bits per heavy atom. The first-order valence-corrected chi connectivity index (χ1v) is 10.0. The number of rotatable bonds is 6. The molecule has 2 N–H and O–H groups in total. The van der Waals surface area contributed by atoms with Crippen molar-refractivity contribution < 1.29 is 8.42 Å². The Bertz CT molecular complexity index is 493. The lowest BCUT2D eigenvalue weighted by molar-refractivity contribution is 0.528. The van der Waals surface area contributed by atoms with Crippen molar-refractivity contribution in [1.29, 1.82) is 0 Å². The molecule has 1 fully saturated rings. The summed E-state index contributed by atoms with van der Waals surface area (Å²) in [6.07, 6.45) is 1.85. The van der Waals surface area contributed by atoms with Gasteiger partial charge in [-0.25, -0.2) is 13.1 Å². The topological polar surface area (TPSA) is 58.2 Å². The molecule has 7 heteroatoms. The summed E-state index contributed by atoms with van der Waals surface area (Å²) >= 11 is 3.39. The molecule has 0 radical (unpaired) electrons. The maximum atomic E-state index is 12.4. The SMILES string of the molecule is CCNCc1sccc1S(=O)(=O)NC1CCSCC1. The average molecular weight is 321 g/mol. The zero-order valence-corrected chi connectivity index (χ0v) is 13.5. The lowest BCUT2D eigenvalue weighted by Gasteiger charge is -2.22. The Kier molecular flexibility index (Phi) is 5.70. The van der Waals surface area contributed by atoms with Gasteiger partial charge in [0.05, 0.1) is 4.90 Å². The number of nitrogens with one attached hydrogen (secondary N) is 2. The van der Waals surface area contributed by atoms with Gasteiger partial charge in [0.2, 0.25) is 10.0 Å². The number of sulfonamides is 1. The van der Waals surface area contributed by atoms with Crippen molar-refractivity contribution in [3.63, 3.8) is 0 Å². The van der Waals surface area contributed by atoms with Crippen molar-refractivity contribution in [2.24, 2.45) is 0 Å². The van der Waals surface area contributed by atoms with Crippen LogP contribution in [0.1, 0.15) is 24.6 Å². The predicted molar refractivity (Wildman–Crippen MR) is 82.4 cm³/mol. The molecule has 1 aromatic rings. The summed E-state index contributed by atoms with van der Waals surface area (Å²) in [6, 6.07) is 1.80. The quantitative estimate of drug-likeness (QED) is 0.842. The van der Waals surface area contributed by atoms with Crippen LogP contribution in [0.3, 0.4) is 0 Å². The minimum atomic E-state index is -3.37. The van der Waals surface area contributed by atoms with Crippen molar-refractivity contribution in [1.82, 2.24) is 10.0 Å². The van der Waals surface area contributed by atoms with E-state index in [2.05, 4.69) is 10.0 Å². The Hall–Kier alpha value is -0.0800. The summed E-state index contributed by atoms with van der Waals surface area (Å²) in [7, 11) is -3.37. The third kappa shape index (κ3) is 4.19. The molecule has 0 saturated carbocycles. The molecule has 0 spiro atoms. The van der Waals surface area contributed by atoms with E-state index in [9.17, 15) is 8.42 Å². The van der Waals surface area contributed by atoms with Gasteiger partial charge < -0.3 is 5.32 Å². The highest BCUT2D eigenvalue weighted by molar-refractivity contribution is 7.99. The fraction of sp³-hybridized carbons (Fsp3) is 0.667. The molecule has 1 aliphatic rings. The van der Waals surface area contributed by atoms with Gasteiger partial charge in [-0.2, -0.15) is 11.8 Å². The third-order valence-electron chi connectivity index (χ3n) is 3.07. The summed E-state index contributed by atoms with van der Waals surface area (Å²) in [5.74, 6) is 2.09. The van der Waals surface area contributed by atoms with E-state index < -0.39 is 10.0 Å². The number of hydrogen-bond donors (Lipinski definition) is 2. The van der Waals surface area contributed by atoms with Gasteiger partial charge in [-0.15, -0.1) is 11.3 Å². The second kappa shape index (κ2) is 7.08. The van der Waals surface area contributed by atoms with E-state index in [4.69, 9.17) is 0 Å². The smallest absolute Gasteiger partial charge is 0.241 e. The van der Waals surface area contributed by atoms with Crippen LogP contribution in [0.5, 0.6) is 0 Å². The van der Waals surface area contributed by atoms with Crippen molar-refractivity contribution in [3.05, 3.63) is 16.3 Å². The highest BCUT2D eigenvalue weighted by Crippen LogP contribution is 2.24. The molecule has 1 saturated heterocycles. The normalized spacial score (nSPS) is 17.7. The van der Waals surface area contributed by atoms with Crippen molar-refractivity contribution in [3.8, 4) is 0 Å². The van der Waals surface area contributed by atoms with Crippen LogP contribution < -0.4 is 10.0 Å². The lowest BCUT2D eigenvalue weighted by atomic mass is 10.2. The molecule has 2 rings (SSSR count). The molecule has 0 atom stereocenters. The van der Waals surface area contributed by atoms with Gasteiger partial charge in [-0.3, -0.25) is 0 Å². The first-order chi connectivity index (χ1) is 9.13. The molecule has 0 amide bonds. The summed E-state index contributed by atoms with van der Waals surface area (Å²) in [6.45, 7) is 3.47. The van der Waals surface area contributed by atoms with Crippen LogP contribution in [-0.4, -0.2) is 32.5 Å². The van der Waals surface area contributed by atoms with Crippen LogP contribution in [0.15, 0.2) is 16.3 Å². The molecule has 2 heterocycles. The van der Waals surface area contributed by atoms with Gasteiger partial charge in [0.1, 0.15) is 0 Å². The van der Waals surface area contributed by atoms with E-state index in [0.29, 0.717) is 11.4 Å². The molecule has 0 bridgehead atoms. The maximum absolute atomic E-state index is 12.4. The van der Waals surface area contributed by atoms with Gasteiger partial charge in [0.15, 0.2) is 0 Å². The highest BCUT2D eigenvalue weighted by Gasteiger charge is 2.24. The van der Waals surface area contributed by atoms with Gasteiger partial charge in [-0.05, 0) is 42.3 Å². The van der Waals surface area contributed by atoms with Gasteiger partial charge >= 0.3 is 0 Å². The van der Waals surface area contributed by atoms with Crippen molar-refractivity contribution in [2.75, 3.05) is 18.1 Å². The van der Waals surface area contributed by atoms with Crippen LogP contribution in [0.2, 0.25) is 0 Å². The zero-order valence-electron chi connectivity index (χ0n) is 11.0. The predicted octanol–water partition coefficient (Wildman–Crippen LogP) is 2.03. The van der Waals surface area contributed by atoms with Crippen molar-refractivity contribution >= 4 is 33.1 Å². The van der Waals surface area contributed by atoms with E-state index in [-0.39, 0.29) is 6.04 Å². The average Bonchev–Trinajstić information content (AvgIpc) is 2.86. The third-order valence-corrected chi connectivity index (χ3v) is 6.78. The van der Waals surface area contributed by atoms with Crippen LogP contribution in [-0.2, 0) is 16.6 Å². The van der Waals surface area contributed by atoms with Gasteiger partial charge in [-0.1, -0.05) is 6.92 Å². The molecular weight excluding hydrogens is 300 g/mol. The van der Waals surface area contributed by atoms with Crippen LogP contribution in [0, 0.1) is 0 Å². The van der Waals surface area contributed by atoms with Crippen LogP contribution >= 0.6 is 23.1 Å². The Labute approximate surface area is 123 Å². The number of hydrogen-bond acceptors (Lipinski definition) is 5. The minimum absolute atomic E-state index is 0.0955. The maximum Gasteiger partial charge on any atom is 0.241 e. The molecule has 0 aliphatic carbocycles. The molecule has 0 aromatic carbocycles. The van der Waals surface area contributed by atoms with Gasteiger partial charge in [0.25, 0.3) is 0 Å². The fourth-order valence-corrected chi connectivity index (χ4v) is 5.86. The highest BCUT2D eigenvalue weighted by atomic mass is 32.2. The van der Waals surface area contributed by atoms with Crippen molar-refractivity contribution in [2.45, 2.75) is 37.2 Å². The summed E-state index contributed by atoms with van der Waals surface area (Å²) in [5, 5.41) is 5.03. The van der Waals surface area contributed by atoms with E-state index in [1.165, 1.54) is 11.3 Å². The monoisotopic (exact) mass is 320 g/mol. The summed E-state index contributed by atoms with van der Waals surface area (Å²) < 4.78 is 27.7. The Morgan fingerprint density at radius 1 is 1.37 bits per heavy atom. The van der Waals surface area contributed by atoms with Crippen LogP contribution in [0.4, 0.5) is 0 Å². The Morgan fingerprint density at radius 3 is 2.79 bits per heavy atom. The molecule has 1 aliphatic heterocycles. The second-order valence-electron chi connectivity index (χ2n) is 4.50. The second-order valence-corrected chi connectivity index (χ2v) is 8.40. The molecule has 0 unspecified atom stereocenters. The summed E-state index contributed by atoms with van der Waals surface area (Å²) in [5.41, 5.74) is 0. The molecule has 1 aromatic heterocycles. The largest absolute Gasteiger partial charge is 0.312 e. The molecule has 4 nitrogen and oxygen atoms in total. The van der Waals surface area contributed by atoms with E-state index in [1.54, 1.807) is 6.07 Å². The fourth-order valence-electron chi connectivity index (χ4n) is 2.03. The van der Waals surface area contributed by atoms with E-state index in [1.807, 2.05) is 24.1 Å². The standard InChI is InChI=1S/C12H20N2O2S3/c1-2-13-9-11-12(5-8-18-11)19(15,16)14-10-3-6-17-7-4-10/h5,8,10,13-14H,2-4,6-7,9H2,1H3. The molecular formula is C12H20N2O2S3.